The van der Waals surface area contributed by atoms with Gasteiger partial charge in [-0.05, 0) is 63.7 Å². The smallest absolute Gasteiger partial charge is 0.255 e. The highest BCUT2D eigenvalue weighted by molar-refractivity contribution is 6.24. The van der Waals surface area contributed by atoms with Crippen LogP contribution in [0.15, 0.2) is 35.1 Å². The molecule has 0 unspecified atom stereocenters. The number of hydrogen-bond acceptors (Lipinski definition) is 9. The molecule has 42 heavy (non-hydrogen) atoms. The third kappa shape index (κ3) is 4.29. The van der Waals surface area contributed by atoms with Gasteiger partial charge in [-0.2, -0.15) is 0 Å². The number of likely N-dealkylation sites (N-methyl/N-ethyl adjacent to an activating group) is 1. The van der Waals surface area contributed by atoms with E-state index in [0.29, 0.717) is 13.0 Å². The number of aliphatic hydroxyl groups excluding tert-OH is 2. The van der Waals surface area contributed by atoms with E-state index < -0.39 is 69.6 Å². The summed E-state index contributed by atoms with van der Waals surface area (Å²) in [6.07, 6.45) is 3.15. The fourth-order valence-electron chi connectivity index (χ4n) is 7.02. The van der Waals surface area contributed by atoms with E-state index >= 15 is 4.39 Å². The molecule has 5 rings (SSSR count). The van der Waals surface area contributed by atoms with Crippen molar-refractivity contribution in [1.82, 2.24) is 4.90 Å². The number of primary amides is 1. The van der Waals surface area contributed by atoms with Crippen LogP contribution >= 0.6 is 0 Å². The zero-order valence-corrected chi connectivity index (χ0v) is 23.7. The Morgan fingerprint density at radius 2 is 1.86 bits per heavy atom. The molecule has 0 heterocycles. The number of carbonyl (C=O) groups is 3. The van der Waals surface area contributed by atoms with Gasteiger partial charge in [0.1, 0.15) is 28.7 Å². The largest absolute Gasteiger partial charge is 0.508 e. The van der Waals surface area contributed by atoms with Crippen molar-refractivity contribution >= 4 is 34.0 Å². The Balaban J connectivity index is 1.63. The van der Waals surface area contributed by atoms with Crippen LogP contribution in [-0.4, -0.2) is 82.3 Å². The monoisotopic (exact) mass is 582 g/mol. The molecule has 11 heteroatoms. The Bertz CT molecular complexity index is 1580. The predicted octanol–water partition coefficient (Wildman–Crippen LogP) is 2.62. The number of nitrogens with zero attached hydrogens (tertiary/aromatic N) is 1. The number of aliphatic hydroxyl groups is 3. The van der Waals surface area contributed by atoms with Crippen LogP contribution in [-0.2, 0) is 32.0 Å². The molecule has 0 saturated heterocycles. The van der Waals surface area contributed by atoms with Gasteiger partial charge in [0.05, 0.1) is 11.6 Å². The summed E-state index contributed by atoms with van der Waals surface area (Å²) in [6, 6.07) is 3.84. The maximum Gasteiger partial charge on any atom is 0.255 e. The first-order valence-electron chi connectivity index (χ1n) is 14.0. The standard InChI is InChI=1S/C31H35FN2O8/c1-34(2)24-19-13-15-12-18-21(26(36)20(15)28(38)31(19,41)29(39)22(27(24)37)30(33)40)25(35)17-11-14(7-5-4-6-10-42-3)8-9-16(17)23(18)32/h8-9,11,15,19,24,35-36,39,41H,4-7,10,12-13H2,1-3H3,(H2,33,40)/t15-,19-,24-,31-/m0/s1. The number of Topliss-reactive ketones (excluding diaryl/α,β-unsaturated/α-hetero) is 2. The number of benzene rings is 2. The second-order valence-electron chi connectivity index (χ2n) is 11.7. The molecule has 2 aromatic rings. The number of ether oxygens (including phenoxy) is 1. The van der Waals surface area contributed by atoms with Gasteiger partial charge in [0.25, 0.3) is 5.91 Å². The van der Waals surface area contributed by atoms with Gasteiger partial charge in [-0.1, -0.05) is 18.6 Å². The van der Waals surface area contributed by atoms with Crippen LogP contribution in [0, 0.1) is 17.7 Å². The molecule has 1 fully saturated rings. The molecule has 4 atom stereocenters. The summed E-state index contributed by atoms with van der Waals surface area (Å²) in [5, 5.41) is 45.7. The zero-order valence-electron chi connectivity index (χ0n) is 23.7. The Morgan fingerprint density at radius 1 is 1.14 bits per heavy atom. The number of methoxy groups -OCH3 is 1. The fraction of sp³-hybridized carbons (Fsp3) is 0.452. The molecule has 0 bridgehead atoms. The minimum atomic E-state index is -2.74. The van der Waals surface area contributed by atoms with Gasteiger partial charge in [-0.25, -0.2) is 4.39 Å². The first-order valence-corrected chi connectivity index (χ1v) is 14.0. The average molecular weight is 583 g/mol. The number of aryl methyl sites for hydroxylation is 1. The molecule has 0 aromatic heterocycles. The molecular weight excluding hydrogens is 547 g/mol. The summed E-state index contributed by atoms with van der Waals surface area (Å²) in [4.78, 5) is 40.7. The van der Waals surface area contributed by atoms with Gasteiger partial charge in [0.15, 0.2) is 11.4 Å². The molecule has 0 aliphatic heterocycles. The van der Waals surface area contributed by atoms with Gasteiger partial charge >= 0.3 is 0 Å². The zero-order chi connectivity index (χ0) is 30.7. The summed E-state index contributed by atoms with van der Waals surface area (Å²) in [6.45, 7) is 0.656. The Hall–Kier alpha value is -3.80. The number of aromatic hydroxyl groups is 1. The van der Waals surface area contributed by atoms with Crippen LogP contribution in [0.4, 0.5) is 4.39 Å². The quantitative estimate of drug-likeness (QED) is 0.232. The lowest BCUT2D eigenvalue weighted by molar-refractivity contribution is -0.153. The van der Waals surface area contributed by atoms with Crippen molar-refractivity contribution in [1.29, 1.82) is 0 Å². The minimum Gasteiger partial charge on any atom is -0.508 e. The number of halogens is 1. The normalized spacial score (nSPS) is 25.6. The van der Waals surface area contributed by atoms with E-state index in [1.807, 2.05) is 0 Å². The lowest BCUT2D eigenvalue weighted by Gasteiger charge is -2.50. The predicted molar refractivity (Wildman–Crippen MR) is 151 cm³/mol. The Kier molecular flexibility index (Phi) is 7.63. The Labute approximate surface area is 241 Å². The number of nitrogens with two attached hydrogens (primary N) is 1. The van der Waals surface area contributed by atoms with Crippen LogP contribution in [0.2, 0.25) is 0 Å². The third-order valence-electron chi connectivity index (χ3n) is 9.01. The average Bonchev–Trinajstić information content (AvgIpc) is 2.93. The number of amides is 1. The first-order chi connectivity index (χ1) is 19.9. The lowest BCUT2D eigenvalue weighted by atomic mass is 9.57. The number of hydrogen-bond donors (Lipinski definition) is 5. The molecule has 224 valence electrons. The van der Waals surface area contributed by atoms with Crippen molar-refractivity contribution < 1.29 is 43.9 Å². The minimum absolute atomic E-state index is 0.0120. The van der Waals surface area contributed by atoms with Crippen LogP contribution in [0.1, 0.15) is 42.4 Å². The van der Waals surface area contributed by atoms with E-state index in [4.69, 9.17) is 10.5 Å². The molecule has 6 N–H and O–H groups in total. The van der Waals surface area contributed by atoms with Crippen LogP contribution < -0.4 is 5.73 Å². The van der Waals surface area contributed by atoms with E-state index in [9.17, 15) is 34.8 Å². The van der Waals surface area contributed by atoms with E-state index in [1.165, 1.54) is 19.0 Å². The molecule has 3 aliphatic carbocycles. The molecule has 2 aromatic carbocycles. The molecule has 0 spiro atoms. The highest BCUT2D eigenvalue weighted by atomic mass is 19.1. The molecule has 10 nitrogen and oxygen atoms in total. The van der Waals surface area contributed by atoms with Gasteiger partial charge in [0.2, 0.25) is 5.78 Å². The van der Waals surface area contributed by atoms with Gasteiger partial charge in [0, 0.05) is 41.5 Å². The lowest BCUT2D eigenvalue weighted by Crippen LogP contribution is -2.65. The second kappa shape index (κ2) is 10.8. The number of unbranched alkanes of at least 4 members (excludes halogenated alkanes) is 2. The highest BCUT2D eigenvalue weighted by Crippen LogP contribution is 2.53. The topological polar surface area (TPSA) is 171 Å². The van der Waals surface area contributed by atoms with Crippen molar-refractivity contribution in [3.05, 3.63) is 57.6 Å². The van der Waals surface area contributed by atoms with Crippen LogP contribution in [0.5, 0.6) is 5.75 Å². The molecular formula is C31H35FN2O8. The number of carbonyl (C=O) groups excluding carboxylic acids is 3. The summed E-state index contributed by atoms with van der Waals surface area (Å²) < 4.78 is 21.1. The summed E-state index contributed by atoms with van der Waals surface area (Å²) in [5.41, 5.74) is 2.02. The SMILES string of the molecule is COCCCCCc1ccc2c(F)c3c(c(O)c2c1)C(O)=C1C(=O)[C@]2(O)C(O)=C(C(N)=O)C(=O)[C@@H](N(C)C)[C@@H]2C[C@@H]1C3. The summed E-state index contributed by atoms with van der Waals surface area (Å²) in [5.74, 6) is -8.28. The number of ketones is 2. The van der Waals surface area contributed by atoms with Gasteiger partial charge in [-0.3, -0.25) is 19.3 Å². The number of phenolic OH excluding ortho intramolecular Hbond substituents is 1. The van der Waals surface area contributed by atoms with E-state index in [0.717, 1.165) is 24.8 Å². The van der Waals surface area contributed by atoms with E-state index in [2.05, 4.69) is 0 Å². The van der Waals surface area contributed by atoms with Crippen molar-refractivity contribution in [2.45, 2.75) is 50.2 Å². The molecule has 1 saturated carbocycles. The maximum atomic E-state index is 16.0. The number of phenols is 1. The van der Waals surface area contributed by atoms with Crippen molar-refractivity contribution in [3.63, 3.8) is 0 Å². The summed E-state index contributed by atoms with van der Waals surface area (Å²) >= 11 is 0. The highest BCUT2D eigenvalue weighted by Gasteiger charge is 2.64. The number of rotatable bonds is 8. The fourth-order valence-corrected chi connectivity index (χ4v) is 7.02. The molecule has 3 aliphatic rings. The molecule has 1 amide bonds. The second-order valence-corrected chi connectivity index (χ2v) is 11.7. The van der Waals surface area contributed by atoms with E-state index in [1.54, 1.807) is 25.3 Å². The summed E-state index contributed by atoms with van der Waals surface area (Å²) in [7, 11) is 4.68. The van der Waals surface area contributed by atoms with E-state index in [-0.39, 0.29) is 40.3 Å². The number of fused-ring (bicyclic) bond motifs is 4. The van der Waals surface area contributed by atoms with Gasteiger partial charge in [-0.15, -0.1) is 0 Å². The van der Waals surface area contributed by atoms with Crippen LogP contribution in [0.25, 0.3) is 16.5 Å². The third-order valence-corrected chi connectivity index (χ3v) is 9.01. The van der Waals surface area contributed by atoms with Gasteiger partial charge < -0.3 is 30.9 Å². The van der Waals surface area contributed by atoms with Crippen molar-refractivity contribution in [2.24, 2.45) is 17.6 Å². The van der Waals surface area contributed by atoms with Crippen LogP contribution in [0.3, 0.4) is 0 Å². The first kappa shape index (κ1) is 29.7. The van der Waals surface area contributed by atoms with Crippen molar-refractivity contribution in [3.8, 4) is 5.75 Å². The maximum absolute atomic E-state index is 16.0. The Morgan fingerprint density at radius 3 is 2.50 bits per heavy atom. The van der Waals surface area contributed by atoms with Crippen molar-refractivity contribution in [2.75, 3.05) is 27.8 Å². The molecule has 0 radical (unpaired) electrons.